The maximum atomic E-state index is 4.36. The minimum atomic E-state index is 1.13. The van der Waals surface area contributed by atoms with Gasteiger partial charge in [-0.15, -0.1) is 11.3 Å². The summed E-state index contributed by atoms with van der Waals surface area (Å²) in [7, 11) is 0. The van der Waals surface area contributed by atoms with Crippen molar-refractivity contribution < 1.29 is 0 Å². The summed E-state index contributed by atoms with van der Waals surface area (Å²) < 4.78 is 2.53. The van der Waals surface area contributed by atoms with E-state index in [-0.39, 0.29) is 0 Å². The molecular weight excluding hydrogens is 529 g/mol. The van der Waals surface area contributed by atoms with Crippen LogP contribution >= 0.6 is 11.3 Å². The average molecular weight is 553 g/mol. The van der Waals surface area contributed by atoms with Crippen LogP contribution in [0, 0.1) is 0 Å². The molecule has 42 heavy (non-hydrogen) atoms. The molecule has 2 nitrogen and oxygen atoms in total. The van der Waals surface area contributed by atoms with Gasteiger partial charge in [-0.3, -0.25) is 4.98 Å². The number of fused-ring (bicyclic) bond motifs is 6. The first-order chi connectivity index (χ1) is 20.8. The van der Waals surface area contributed by atoms with Gasteiger partial charge in [-0.2, -0.15) is 0 Å². The summed E-state index contributed by atoms with van der Waals surface area (Å²) in [5.74, 6) is 0. The van der Waals surface area contributed by atoms with Gasteiger partial charge in [0.2, 0.25) is 0 Å². The standard InChI is InChI=1S/C39H24N2S/c1-2-7-26(8-3-1)41(28-17-18-32-36-24-40-22-21-37(36)42-38(32)23-28)27-15-13-25(14-16-27)29-19-20-35-31-10-5-4-9-30(31)34-12-6-11-33(29)39(34)35/h1-24H. The van der Waals surface area contributed by atoms with E-state index in [1.54, 1.807) is 0 Å². The fourth-order valence-corrected chi connectivity index (χ4v) is 7.73. The van der Waals surface area contributed by atoms with Crippen molar-refractivity contribution in [2.24, 2.45) is 0 Å². The Morgan fingerprint density at radius 2 is 1.14 bits per heavy atom. The highest BCUT2D eigenvalue weighted by Gasteiger charge is 2.22. The predicted octanol–water partition coefficient (Wildman–Crippen LogP) is 11.4. The third kappa shape index (κ3) is 3.47. The number of anilines is 3. The number of hydrogen-bond donors (Lipinski definition) is 0. The molecule has 3 heteroatoms. The second-order valence-electron chi connectivity index (χ2n) is 10.8. The van der Waals surface area contributed by atoms with E-state index < -0.39 is 0 Å². The number of nitrogens with zero attached hydrogens (tertiary/aromatic N) is 2. The Balaban J connectivity index is 1.16. The lowest BCUT2D eigenvalue weighted by molar-refractivity contribution is 1.29. The van der Waals surface area contributed by atoms with Crippen LogP contribution in [-0.2, 0) is 0 Å². The number of rotatable bonds is 4. The lowest BCUT2D eigenvalue weighted by Gasteiger charge is -2.26. The van der Waals surface area contributed by atoms with Gasteiger partial charge in [0, 0.05) is 49.6 Å². The van der Waals surface area contributed by atoms with Gasteiger partial charge in [-0.25, -0.2) is 0 Å². The molecule has 0 amide bonds. The Hall–Kier alpha value is -5.25. The molecule has 0 radical (unpaired) electrons. The largest absolute Gasteiger partial charge is 0.310 e. The van der Waals surface area contributed by atoms with Crippen LogP contribution in [-0.4, -0.2) is 4.98 Å². The summed E-state index contributed by atoms with van der Waals surface area (Å²) in [5.41, 5.74) is 11.2. The molecule has 0 N–H and O–H groups in total. The van der Waals surface area contributed by atoms with Crippen LogP contribution in [0.4, 0.5) is 17.1 Å². The van der Waals surface area contributed by atoms with Crippen LogP contribution in [0.15, 0.2) is 146 Å². The van der Waals surface area contributed by atoms with Crippen molar-refractivity contribution in [3.63, 3.8) is 0 Å². The molecule has 0 atom stereocenters. The van der Waals surface area contributed by atoms with Crippen LogP contribution in [0.1, 0.15) is 0 Å². The van der Waals surface area contributed by atoms with E-state index >= 15 is 0 Å². The molecule has 2 aromatic heterocycles. The number of hydrogen-bond acceptors (Lipinski definition) is 3. The van der Waals surface area contributed by atoms with Gasteiger partial charge in [-0.05, 0) is 86.6 Å². The normalized spacial score (nSPS) is 11.8. The first-order valence-electron chi connectivity index (χ1n) is 14.2. The molecule has 0 saturated heterocycles. The van der Waals surface area contributed by atoms with E-state index in [2.05, 4.69) is 143 Å². The van der Waals surface area contributed by atoms with Crippen LogP contribution in [0.25, 0.3) is 64.3 Å². The summed E-state index contributed by atoms with van der Waals surface area (Å²) in [4.78, 5) is 6.70. The Morgan fingerprint density at radius 1 is 0.452 bits per heavy atom. The van der Waals surface area contributed by atoms with Crippen molar-refractivity contribution in [3.8, 4) is 33.4 Å². The molecule has 9 rings (SSSR count). The van der Waals surface area contributed by atoms with Crippen molar-refractivity contribution in [2.45, 2.75) is 0 Å². The third-order valence-electron chi connectivity index (χ3n) is 8.51. The second-order valence-corrected chi connectivity index (χ2v) is 11.9. The van der Waals surface area contributed by atoms with Crippen LogP contribution in [0.3, 0.4) is 0 Å². The van der Waals surface area contributed by atoms with Crippen molar-refractivity contribution >= 4 is 59.3 Å². The van der Waals surface area contributed by atoms with Crippen LogP contribution in [0.2, 0.25) is 0 Å². The molecule has 196 valence electrons. The number of aromatic nitrogens is 1. The fourth-order valence-electron chi connectivity index (χ4n) is 6.62. The van der Waals surface area contributed by atoms with Gasteiger partial charge in [0.15, 0.2) is 0 Å². The smallest absolute Gasteiger partial charge is 0.0476 e. The molecule has 8 aromatic rings. The van der Waals surface area contributed by atoms with Gasteiger partial charge in [-0.1, -0.05) is 91.0 Å². The summed E-state index contributed by atoms with van der Waals surface area (Å²) >= 11 is 1.82. The lowest BCUT2D eigenvalue weighted by atomic mass is 9.94. The van der Waals surface area contributed by atoms with E-state index in [1.165, 1.54) is 64.3 Å². The molecular formula is C39H24N2S. The van der Waals surface area contributed by atoms with Crippen molar-refractivity contribution in [2.75, 3.05) is 4.90 Å². The zero-order valence-electron chi connectivity index (χ0n) is 22.7. The van der Waals surface area contributed by atoms with E-state index in [1.807, 2.05) is 23.7 Å². The summed E-state index contributed by atoms with van der Waals surface area (Å²) in [6.45, 7) is 0. The lowest BCUT2D eigenvalue weighted by Crippen LogP contribution is -2.09. The molecule has 0 spiro atoms. The highest BCUT2D eigenvalue weighted by Crippen LogP contribution is 2.49. The summed E-state index contributed by atoms with van der Waals surface area (Å²) in [6, 6.07) is 48.6. The van der Waals surface area contributed by atoms with Gasteiger partial charge < -0.3 is 4.90 Å². The Kier molecular flexibility index (Phi) is 5.10. The zero-order valence-corrected chi connectivity index (χ0v) is 23.5. The highest BCUT2D eigenvalue weighted by molar-refractivity contribution is 7.25. The molecule has 0 unspecified atom stereocenters. The SMILES string of the molecule is c1ccc(N(c2ccc(-c3ccc4c5c(cccc35)-c3ccccc3-4)cc2)c2ccc3c(c2)sc2ccncc23)cc1. The zero-order chi connectivity index (χ0) is 27.6. The van der Waals surface area contributed by atoms with Gasteiger partial charge in [0.05, 0.1) is 0 Å². The number of pyridine rings is 1. The molecule has 0 saturated carbocycles. The predicted molar refractivity (Wildman–Crippen MR) is 179 cm³/mol. The molecule has 1 aliphatic carbocycles. The minimum absolute atomic E-state index is 1.13. The molecule has 6 aromatic carbocycles. The maximum absolute atomic E-state index is 4.36. The van der Waals surface area contributed by atoms with Gasteiger partial charge in [0.25, 0.3) is 0 Å². The van der Waals surface area contributed by atoms with Gasteiger partial charge in [0.1, 0.15) is 0 Å². The van der Waals surface area contributed by atoms with Crippen molar-refractivity contribution in [3.05, 3.63) is 146 Å². The monoisotopic (exact) mass is 552 g/mol. The highest BCUT2D eigenvalue weighted by atomic mass is 32.1. The van der Waals surface area contributed by atoms with E-state index in [4.69, 9.17) is 0 Å². The number of thiophene rings is 1. The minimum Gasteiger partial charge on any atom is -0.310 e. The van der Waals surface area contributed by atoms with Crippen LogP contribution in [0.5, 0.6) is 0 Å². The summed E-state index contributed by atoms with van der Waals surface area (Å²) in [5, 5.41) is 5.13. The van der Waals surface area contributed by atoms with E-state index in [0.29, 0.717) is 0 Å². The fraction of sp³-hybridized carbons (Fsp3) is 0. The topological polar surface area (TPSA) is 16.1 Å². The van der Waals surface area contributed by atoms with Gasteiger partial charge >= 0.3 is 0 Å². The average Bonchev–Trinajstić information content (AvgIpc) is 3.59. The van der Waals surface area contributed by atoms with Crippen molar-refractivity contribution in [1.29, 1.82) is 0 Å². The first-order valence-corrected chi connectivity index (χ1v) is 15.0. The second kappa shape index (κ2) is 9.13. The Morgan fingerprint density at radius 3 is 1.98 bits per heavy atom. The molecule has 0 fully saturated rings. The van der Waals surface area contributed by atoms with E-state index in [0.717, 1.165) is 17.1 Å². The molecule has 0 aliphatic heterocycles. The maximum Gasteiger partial charge on any atom is 0.0476 e. The molecule has 2 heterocycles. The third-order valence-corrected chi connectivity index (χ3v) is 9.65. The summed E-state index contributed by atoms with van der Waals surface area (Å²) in [6.07, 6.45) is 3.85. The Bertz CT molecular complexity index is 2270. The Labute approximate surface area is 247 Å². The quantitative estimate of drug-likeness (QED) is 0.216. The first kappa shape index (κ1) is 23.5. The molecule has 0 bridgehead atoms. The molecule has 1 aliphatic rings. The van der Waals surface area contributed by atoms with Crippen molar-refractivity contribution in [1.82, 2.24) is 4.98 Å². The number of para-hydroxylation sites is 1. The number of benzene rings is 6. The van der Waals surface area contributed by atoms with E-state index in [9.17, 15) is 0 Å². The van der Waals surface area contributed by atoms with Crippen LogP contribution < -0.4 is 4.90 Å².